The van der Waals surface area contributed by atoms with E-state index >= 15 is 0 Å². The molecule has 2 rings (SSSR count). The molecule has 0 spiro atoms. The van der Waals surface area contributed by atoms with Crippen LogP contribution in [0, 0.1) is 0 Å². The van der Waals surface area contributed by atoms with Crippen molar-refractivity contribution in [3.05, 3.63) is 33.0 Å². The Bertz CT molecular complexity index is 448. The minimum absolute atomic E-state index is 0.462. The molecular weight excluding hydrogens is 303 g/mol. The third-order valence-corrected chi connectivity index (χ3v) is 3.56. The molecule has 1 aromatic carbocycles. The first kappa shape index (κ1) is 10.7. The summed E-state index contributed by atoms with van der Waals surface area (Å²) in [5.74, 6) is 0.462. The molecular formula is C8H5BrCl2N4. The van der Waals surface area contributed by atoms with Crippen molar-refractivity contribution in [1.29, 1.82) is 0 Å². The maximum Gasteiger partial charge on any atom is 0.246 e. The summed E-state index contributed by atoms with van der Waals surface area (Å²) in [6, 6.07) is 3.46. The van der Waals surface area contributed by atoms with Gasteiger partial charge in [0.15, 0.2) is 0 Å². The summed E-state index contributed by atoms with van der Waals surface area (Å²) in [5.41, 5.74) is 0.729. The molecule has 0 aliphatic heterocycles. The standard InChI is InChI=1S/C8H5BrCl2N4/c9-7-5(10)1-4(2-6(7)11)14-8-12-3-13-15-8/h1-3H,(H2,12,13,14,15). The summed E-state index contributed by atoms with van der Waals surface area (Å²) in [7, 11) is 0. The Morgan fingerprint density at radius 3 is 2.47 bits per heavy atom. The number of nitrogens with zero attached hydrogens (tertiary/aromatic N) is 2. The maximum absolute atomic E-state index is 5.94. The van der Waals surface area contributed by atoms with E-state index in [1.54, 1.807) is 12.1 Å². The first-order valence-electron chi connectivity index (χ1n) is 3.94. The highest BCUT2D eigenvalue weighted by atomic mass is 79.9. The van der Waals surface area contributed by atoms with Crippen LogP contribution in [0.5, 0.6) is 0 Å². The van der Waals surface area contributed by atoms with Crippen molar-refractivity contribution in [2.75, 3.05) is 5.32 Å². The van der Waals surface area contributed by atoms with Crippen molar-refractivity contribution in [3.63, 3.8) is 0 Å². The number of anilines is 2. The number of benzene rings is 1. The number of aromatic nitrogens is 3. The molecule has 7 heteroatoms. The minimum Gasteiger partial charge on any atom is -0.323 e. The zero-order valence-corrected chi connectivity index (χ0v) is 10.4. The molecule has 78 valence electrons. The number of H-pyrrole nitrogens is 1. The van der Waals surface area contributed by atoms with E-state index in [-0.39, 0.29) is 0 Å². The van der Waals surface area contributed by atoms with Gasteiger partial charge >= 0.3 is 0 Å². The summed E-state index contributed by atoms with van der Waals surface area (Å²) in [6.45, 7) is 0. The fourth-order valence-corrected chi connectivity index (χ4v) is 1.74. The Morgan fingerprint density at radius 1 is 1.27 bits per heavy atom. The van der Waals surface area contributed by atoms with E-state index in [4.69, 9.17) is 23.2 Å². The fraction of sp³-hybridized carbons (Fsp3) is 0. The highest BCUT2D eigenvalue weighted by Crippen LogP contribution is 2.33. The van der Waals surface area contributed by atoms with Gasteiger partial charge in [0.05, 0.1) is 14.5 Å². The Labute approximate surface area is 104 Å². The van der Waals surface area contributed by atoms with Crippen LogP contribution >= 0.6 is 39.1 Å². The zero-order chi connectivity index (χ0) is 10.8. The van der Waals surface area contributed by atoms with Crippen molar-refractivity contribution >= 4 is 50.8 Å². The largest absolute Gasteiger partial charge is 0.323 e. The molecule has 1 heterocycles. The van der Waals surface area contributed by atoms with Gasteiger partial charge < -0.3 is 5.32 Å². The summed E-state index contributed by atoms with van der Waals surface area (Å²) in [4.78, 5) is 3.92. The molecule has 0 amide bonds. The Morgan fingerprint density at radius 2 is 1.93 bits per heavy atom. The van der Waals surface area contributed by atoms with Gasteiger partial charge in [-0.25, -0.2) is 4.98 Å². The van der Waals surface area contributed by atoms with Gasteiger partial charge in [0.2, 0.25) is 5.95 Å². The van der Waals surface area contributed by atoms with Gasteiger partial charge in [-0.3, -0.25) is 5.10 Å². The average molecular weight is 308 g/mol. The van der Waals surface area contributed by atoms with Crippen LogP contribution in [0.4, 0.5) is 11.6 Å². The van der Waals surface area contributed by atoms with Crippen LogP contribution in [0.1, 0.15) is 0 Å². The fourth-order valence-electron chi connectivity index (χ4n) is 1.03. The summed E-state index contributed by atoms with van der Waals surface area (Å²) in [5, 5.41) is 10.4. The van der Waals surface area contributed by atoms with E-state index < -0.39 is 0 Å². The number of nitrogens with one attached hydrogen (secondary N) is 2. The summed E-state index contributed by atoms with van der Waals surface area (Å²) < 4.78 is 0.673. The molecule has 0 unspecified atom stereocenters. The third-order valence-electron chi connectivity index (χ3n) is 1.65. The van der Waals surface area contributed by atoms with E-state index in [1.807, 2.05) is 0 Å². The van der Waals surface area contributed by atoms with Crippen LogP contribution in [-0.4, -0.2) is 15.2 Å². The topological polar surface area (TPSA) is 53.6 Å². The summed E-state index contributed by atoms with van der Waals surface area (Å²) >= 11 is 15.1. The monoisotopic (exact) mass is 306 g/mol. The number of halogens is 3. The van der Waals surface area contributed by atoms with Gasteiger partial charge in [-0.1, -0.05) is 23.2 Å². The van der Waals surface area contributed by atoms with Crippen LogP contribution in [-0.2, 0) is 0 Å². The predicted molar refractivity (Wildman–Crippen MR) is 63.8 cm³/mol. The molecule has 0 radical (unpaired) electrons. The lowest BCUT2D eigenvalue weighted by Crippen LogP contribution is -1.92. The predicted octanol–water partition coefficient (Wildman–Crippen LogP) is 3.62. The van der Waals surface area contributed by atoms with Crippen LogP contribution in [0.15, 0.2) is 22.9 Å². The highest BCUT2D eigenvalue weighted by Gasteiger charge is 2.06. The second-order valence-corrected chi connectivity index (χ2v) is 4.31. The Balaban J connectivity index is 2.30. The molecule has 15 heavy (non-hydrogen) atoms. The normalized spacial score (nSPS) is 10.3. The lowest BCUT2D eigenvalue weighted by Gasteiger charge is -2.05. The number of hydrogen-bond donors (Lipinski definition) is 2. The quantitative estimate of drug-likeness (QED) is 0.833. The van der Waals surface area contributed by atoms with E-state index in [0.717, 1.165) is 5.69 Å². The van der Waals surface area contributed by atoms with Gasteiger partial charge in [0, 0.05) is 5.69 Å². The zero-order valence-electron chi connectivity index (χ0n) is 7.26. The molecule has 2 aromatic rings. The molecule has 0 atom stereocenters. The third kappa shape index (κ3) is 2.42. The first-order chi connectivity index (χ1) is 7.16. The van der Waals surface area contributed by atoms with Crippen molar-refractivity contribution in [1.82, 2.24) is 15.2 Å². The van der Waals surface area contributed by atoms with E-state index in [2.05, 4.69) is 36.4 Å². The Hall–Kier alpha value is -0.780. The lowest BCUT2D eigenvalue weighted by molar-refractivity contribution is 1.09. The number of rotatable bonds is 2. The van der Waals surface area contributed by atoms with Gasteiger partial charge in [0.1, 0.15) is 6.33 Å². The number of aromatic amines is 1. The van der Waals surface area contributed by atoms with E-state index in [9.17, 15) is 0 Å². The van der Waals surface area contributed by atoms with Crippen molar-refractivity contribution in [3.8, 4) is 0 Å². The van der Waals surface area contributed by atoms with Crippen LogP contribution < -0.4 is 5.32 Å². The van der Waals surface area contributed by atoms with Crippen molar-refractivity contribution in [2.24, 2.45) is 0 Å². The molecule has 0 fully saturated rings. The smallest absolute Gasteiger partial charge is 0.246 e. The minimum atomic E-state index is 0.462. The molecule has 0 aliphatic rings. The van der Waals surface area contributed by atoms with Crippen molar-refractivity contribution < 1.29 is 0 Å². The molecule has 0 bridgehead atoms. The van der Waals surface area contributed by atoms with Crippen LogP contribution in [0.2, 0.25) is 10.0 Å². The molecule has 1 aromatic heterocycles. The van der Waals surface area contributed by atoms with Crippen LogP contribution in [0.25, 0.3) is 0 Å². The molecule has 0 aliphatic carbocycles. The second kappa shape index (κ2) is 4.38. The number of hydrogen-bond acceptors (Lipinski definition) is 3. The van der Waals surface area contributed by atoms with Gasteiger partial charge in [-0.05, 0) is 28.1 Å². The lowest BCUT2D eigenvalue weighted by atomic mass is 10.3. The van der Waals surface area contributed by atoms with Gasteiger partial charge in [-0.2, -0.15) is 0 Å². The van der Waals surface area contributed by atoms with E-state index in [0.29, 0.717) is 20.5 Å². The molecule has 4 nitrogen and oxygen atoms in total. The average Bonchev–Trinajstić information content (AvgIpc) is 2.66. The summed E-state index contributed by atoms with van der Waals surface area (Å²) in [6.07, 6.45) is 1.48. The highest BCUT2D eigenvalue weighted by molar-refractivity contribution is 9.10. The first-order valence-corrected chi connectivity index (χ1v) is 5.49. The Kier molecular flexibility index (Phi) is 3.14. The van der Waals surface area contributed by atoms with Crippen LogP contribution in [0.3, 0.4) is 0 Å². The van der Waals surface area contributed by atoms with Gasteiger partial charge in [-0.15, -0.1) is 5.10 Å². The van der Waals surface area contributed by atoms with E-state index in [1.165, 1.54) is 6.33 Å². The second-order valence-electron chi connectivity index (χ2n) is 2.70. The molecule has 0 saturated heterocycles. The maximum atomic E-state index is 5.94. The van der Waals surface area contributed by atoms with Gasteiger partial charge in [0.25, 0.3) is 0 Å². The molecule has 0 saturated carbocycles. The molecule has 2 N–H and O–H groups in total. The SMILES string of the molecule is Clc1cc(Nc2nc[nH]n2)cc(Cl)c1Br. The van der Waals surface area contributed by atoms with Crippen molar-refractivity contribution in [2.45, 2.75) is 0 Å².